The maximum Gasteiger partial charge on any atom is 0.387 e. The molecule has 0 spiro atoms. The summed E-state index contributed by atoms with van der Waals surface area (Å²) in [6.45, 7) is 0.343. The highest BCUT2D eigenvalue weighted by molar-refractivity contribution is 7.89. The second kappa shape index (κ2) is 9.88. The largest absolute Gasteiger partial charge is 0.433 e. The molecule has 1 rings (SSSR count). The van der Waals surface area contributed by atoms with Crippen LogP contribution in [-0.4, -0.2) is 34.7 Å². The van der Waals surface area contributed by atoms with Crippen LogP contribution in [0.15, 0.2) is 29.2 Å². The van der Waals surface area contributed by atoms with Gasteiger partial charge in [0.25, 0.3) is 0 Å². The number of ether oxygens (including phenoxy) is 1. The van der Waals surface area contributed by atoms with Gasteiger partial charge in [-0.1, -0.05) is 19.1 Å². The summed E-state index contributed by atoms with van der Waals surface area (Å²) in [5.74, 6) is -0.364. The van der Waals surface area contributed by atoms with Crippen molar-refractivity contribution < 1.29 is 21.9 Å². The maximum absolute atomic E-state index is 12.2. The van der Waals surface area contributed by atoms with E-state index in [0.29, 0.717) is 6.54 Å². The predicted molar refractivity (Wildman–Crippen MR) is 78.7 cm³/mol. The third kappa shape index (κ3) is 7.03. The van der Waals surface area contributed by atoms with Crippen LogP contribution < -0.4 is 14.8 Å². The highest BCUT2D eigenvalue weighted by Gasteiger charge is 2.20. The number of para-hydroxylation sites is 1. The first-order valence-corrected chi connectivity index (χ1v) is 7.70. The molecular weight excluding hydrogens is 326 g/mol. The summed E-state index contributed by atoms with van der Waals surface area (Å²) in [4.78, 5) is -0.296. The molecule has 0 aliphatic heterocycles. The predicted octanol–water partition coefficient (Wildman–Crippen LogP) is 1.99. The van der Waals surface area contributed by atoms with Gasteiger partial charge in [0.05, 0.1) is 0 Å². The van der Waals surface area contributed by atoms with Crippen LogP contribution in [0.2, 0.25) is 0 Å². The number of benzene rings is 1. The Morgan fingerprint density at radius 1 is 1.19 bits per heavy atom. The van der Waals surface area contributed by atoms with E-state index in [4.69, 9.17) is 0 Å². The summed E-state index contributed by atoms with van der Waals surface area (Å²) < 4.78 is 55.0. The monoisotopic (exact) mass is 344 g/mol. The standard InChI is InChI=1S/C12H18F2N2O3S.ClH/c1-2-7-15-8-9-16-20(17,18)11-6-4-3-5-10(11)19-12(13)14;/h3-6,12,15-16H,2,7-9H2,1H3;1H. The molecule has 2 N–H and O–H groups in total. The normalized spacial score (nSPS) is 11.2. The fourth-order valence-electron chi connectivity index (χ4n) is 1.52. The van der Waals surface area contributed by atoms with Gasteiger partial charge in [0.2, 0.25) is 10.0 Å². The molecule has 0 aliphatic carbocycles. The van der Waals surface area contributed by atoms with E-state index in [1.54, 1.807) is 0 Å². The molecule has 1 aromatic carbocycles. The first kappa shape index (κ1) is 20.0. The SMILES string of the molecule is CCCNCCNS(=O)(=O)c1ccccc1OC(F)F.Cl. The van der Waals surface area contributed by atoms with Crippen molar-refractivity contribution in [2.45, 2.75) is 24.9 Å². The van der Waals surface area contributed by atoms with E-state index >= 15 is 0 Å². The van der Waals surface area contributed by atoms with E-state index in [1.165, 1.54) is 24.3 Å². The molecule has 0 unspecified atom stereocenters. The lowest BCUT2D eigenvalue weighted by Crippen LogP contribution is -2.32. The number of alkyl halides is 2. The minimum absolute atomic E-state index is 0. The number of hydrogen-bond acceptors (Lipinski definition) is 4. The van der Waals surface area contributed by atoms with Crippen LogP contribution in [0.4, 0.5) is 8.78 Å². The van der Waals surface area contributed by atoms with Crippen molar-refractivity contribution in [1.82, 2.24) is 10.0 Å². The molecule has 0 bridgehead atoms. The number of nitrogens with one attached hydrogen (secondary N) is 2. The first-order valence-electron chi connectivity index (χ1n) is 6.21. The molecule has 0 saturated carbocycles. The van der Waals surface area contributed by atoms with Gasteiger partial charge in [0, 0.05) is 13.1 Å². The Hall–Kier alpha value is -0.960. The van der Waals surface area contributed by atoms with Crippen LogP contribution in [0.3, 0.4) is 0 Å². The van der Waals surface area contributed by atoms with Gasteiger partial charge in [-0.05, 0) is 25.1 Å². The molecule has 0 radical (unpaired) electrons. The van der Waals surface area contributed by atoms with Gasteiger partial charge >= 0.3 is 6.61 Å². The molecule has 0 aliphatic rings. The van der Waals surface area contributed by atoms with Gasteiger partial charge in [-0.2, -0.15) is 8.78 Å². The molecule has 0 fully saturated rings. The van der Waals surface area contributed by atoms with Crippen LogP contribution in [-0.2, 0) is 10.0 Å². The summed E-state index contributed by atoms with van der Waals surface area (Å²) in [5, 5.41) is 3.03. The third-order valence-corrected chi connectivity index (χ3v) is 3.88. The topological polar surface area (TPSA) is 67.4 Å². The van der Waals surface area contributed by atoms with Gasteiger partial charge in [-0.15, -0.1) is 12.4 Å². The lowest BCUT2D eigenvalue weighted by molar-refractivity contribution is -0.0517. The number of sulfonamides is 1. The van der Waals surface area contributed by atoms with Crippen molar-refractivity contribution in [3.8, 4) is 5.75 Å². The summed E-state index contributed by atoms with van der Waals surface area (Å²) >= 11 is 0. The average Bonchev–Trinajstić information content (AvgIpc) is 2.38. The minimum Gasteiger partial charge on any atom is -0.433 e. The lowest BCUT2D eigenvalue weighted by Gasteiger charge is -2.12. The number of halogens is 3. The zero-order valence-electron chi connectivity index (χ0n) is 11.5. The van der Waals surface area contributed by atoms with Gasteiger partial charge < -0.3 is 10.1 Å². The van der Waals surface area contributed by atoms with Crippen LogP contribution in [0.25, 0.3) is 0 Å². The minimum atomic E-state index is -3.87. The van der Waals surface area contributed by atoms with E-state index in [1.807, 2.05) is 6.92 Å². The third-order valence-electron chi connectivity index (χ3n) is 2.38. The van der Waals surface area contributed by atoms with Crippen LogP contribution in [0.1, 0.15) is 13.3 Å². The number of hydrogen-bond donors (Lipinski definition) is 2. The molecule has 21 heavy (non-hydrogen) atoms. The molecule has 0 saturated heterocycles. The van der Waals surface area contributed by atoms with Gasteiger partial charge in [0.15, 0.2) is 0 Å². The highest BCUT2D eigenvalue weighted by atomic mass is 35.5. The van der Waals surface area contributed by atoms with Crippen LogP contribution >= 0.6 is 12.4 Å². The molecule has 1 aromatic rings. The zero-order valence-corrected chi connectivity index (χ0v) is 13.1. The second-order valence-corrected chi connectivity index (χ2v) is 5.71. The molecule has 122 valence electrons. The highest BCUT2D eigenvalue weighted by Crippen LogP contribution is 2.24. The summed E-state index contributed by atoms with van der Waals surface area (Å²) in [6.07, 6.45) is 0.942. The second-order valence-electron chi connectivity index (χ2n) is 3.97. The molecule has 0 heterocycles. The lowest BCUT2D eigenvalue weighted by atomic mass is 10.3. The zero-order chi connectivity index (χ0) is 15.0. The Morgan fingerprint density at radius 2 is 1.86 bits per heavy atom. The Balaban J connectivity index is 0.00000400. The van der Waals surface area contributed by atoms with Gasteiger partial charge in [-0.25, -0.2) is 13.1 Å². The Labute approximate surface area is 129 Å². The maximum atomic E-state index is 12.2. The first-order chi connectivity index (χ1) is 9.47. The van der Waals surface area contributed by atoms with E-state index in [0.717, 1.165) is 13.0 Å². The van der Waals surface area contributed by atoms with Crippen molar-refractivity contribution in [2.24, 2.45) is 0 Å². The van der Waals surface area contributed by atoms with Crippen molar-refractivity contribution in [1.29, 1.82) is 0 Å². The van der Waals surface area contributed by atoms with E-state index in [-0.39, 0.29) is 29.6 Å². The summed E-state index contributed by atoms with van der Waals surface area (Å²) in [6, 6.07) is 5.29. The molecular formula is C12H19ClF2N2O3S. The molecule has 0 atom stereocenters. The van der Waals surface area contributed by atoms with E-state index < -0.39 is 16.6 Å². The van der Waals surface area contributed by atoms with Crippen molar-refractivity contribution in [3.63, 3.8) is 0 Å². The Morgan fingerprint density at radius 3 is 2.48 bits per heavy atom. The van der Waals surface area contributed by atoms with Crippen molar-refractivity contribution in [3.05, 3.63) is 24.3 Å². The average molecular weight is 345 g/mol. The molecule has 9 heteroatoms. The summed E-state index contributed by atoms with van der Waals surface area (Å²) in [7, 11) is -3.87. The molecule has 5 nitrogen and oxygen atoms in total. The quantitative estimate of drug-likeness (QED) is 0.672. The summed E-state index contributed by atoms with van der Waals surface area (Å²) in [5.41, 5.74) is 0. The van der Waals surface area contributed by atoms with Gasteiger partial charge in [-0.3, -0.25) is 0 Å². The Kier molecular flexibility index (Phi) is 9.43. The smallest absolute Gasteiger partial charge is 0.387 e. The fraction of sp³-hybridized carbons (Fsp3) is 0.500. The van der Waals surface area contributed by atoms with E-state index in [9.17, 15) is 17.2 Å². The van der Waals surface area contributed by atoms with Crippen molar-refractivity contribution >= 4 is 22.4 Å². The van der Waals surface area contributed by atoms with Gasteiger partial charge in [0.1, 0.15) is 10.6 Å². The fourth-order valence-corrected chi connectivity index (χ4v) is 2.68. The van der Waals surface area contributed by atoms with Crippen molar-refractivity contribution in [2.75, 3.05) is 19.6 Å². The van der Waals surface area contributed by atoms with Crippen LogP contribution in [0, 0.1) is 0 Å². The van der Waals surface area contributed by atoms with E-state index in [2.05, 4.69) is 14.8 Å². The van der Waals surface area contributed by atoms with Crippen LogP contribution in [0.5, 0.6) is 5.75 Å². The number of rotatable bonds is 9. The Bertz CT molecular complexity index is 515. The molecule has 0 amide bonds. The molecule has 0 aromatic heterocycles.